The SMILES string of the molecule is CCCS(=O)(=O)N1CCC(NC(=O)C2CCCCC2(C)N)CC1. The highest BCUT2D eigenvalue weighted by Crippen LogP contribution is 2.32. The first-order valence-electron chi connectivity index (χ1n) is 8.83. The fourth-order valence-electron chi connectivity index (χ4n) is 3.76. The summed E-state index contributed by atoms with van der Waals surface area (Å²) < 4.78 is 25.7. The van der Waals surface area contributed by atoms with E-state index >= 15 is 0 Å². The van der Waals surface area contributed by atoms with Gasteiger partial charge in [0.15, 0.2) is 0 Å². The van der Waals surface area contributed by atoms with Crippen molar-refractivity contribution in [3.63, 3.8) is 0 Å². The molecule has 0 aromatic rings. The fourth-order valence-corrected chi connectivity index (χ4v) is 5.30. The zero-order valence-electron chi connectivity index (χ0n) is 14.4. The molecule has 2 unspecified atom stereocenters. The molecule has 1 saturated heterocycles. The van der Waals surface area contributed by atoms with Crippen LogP contribution in [-0.2, 0) is 14.8 Å². The number of carbonyl (C=O) groups excluding carboxylic acids is 1. The smallest absolute Gasteiger partial charge is 0.225 e. The number of carbonyl (C=O) groups is 1. The van der Waals surface area contributed by atoms with Gasteiger partial charge in [0, 0.05) is 24.7 Å². The number of nitrogens with two attached hydrogens (primary N) is 1. The summed E-state index contributed by atoms with van der Waals surface area (Å²) in [5, 5.41) is 3.11. The molecule has 1 aliphatic carbocycles. The zero-order valence-corrected chi connectivity index (χ0v) is 15.2. The van der Waals surface area contributed by atoms with E-state index in [9.17, 15) is 13.2 Å². The summed E-state index contributed by atoms with van der Waals surface area (Å²) in [4.78, 5) is 12.5. The van der Waals surface area contributed by atoms with Crippen LogP contribution in [0, 0.1) is 5.92 Å². The van der Waals surface area contributed by atoms with Crippen molar-refractivity contribution < 1.29 is 13.2 Å². The number of piperidine rings is 1. The summed E-state index contributed by atoms with van der Waals surface area (Å²) in [6.07, 6.45) is 5.88. The van der Waals surface area contributed by atoms with Crippen molar-refractivity contribution in [1.29, 1.82) is 0 Å². The van der Waals surface area contributed by atoms with Gasteiger partial charge in [-0.15, -0.1) is 0 Å². The first-order chi connectivity index (χ1) is 10.8. The van der Waals surface area contributed by atoms with E-state index in [0.29, 0.717) is 32.4 Å². The molecule has 1 heterocycles. The van der Waals surface area contributed by atoms with Gasteiger partial charge in [0.1, 0.15) is 0 Å². The van der Waals surface area contributed by atoms with Crippen molar-refractivity contribution in [2.45, 2.75) is 70.4 Å². The van der Waals surface area contributed by atoms with E-state index in [1.165, 1.54) is 0 Å². The highest BCUT2D eigenvalue weighted by molar-refractivity contribution is 7.89. The van der Waals surface area contributed by atoms with Crippen molar-refractivity contribution in [3.05, 3.63) is 0 Å². The minimum Gasteiger partial charge on any atom is -0.353 e. The van der Waals surface area contributed by atoms with Gasteiger partial charge in [-0.25, -0.2) is 12.7 Å². The topological polar surface area (TPSA) is 92.5 Å². The van der Waals surface area contributed by atoms with Crippen LogP contribution in [0.2, 0.25) is 0 Å². The molecule has 2 atom stereocenters. The molecule has 0 radical (unpaired) electrons. The fraction of sp³-hybridized carbons (Fsp3) is 0.938. The lowest BCUT2D eigenvalue weighted by Gasteiger charge is -2.39. The van der Waals surface area contributed by atoms with Gasteiger partial charge in [0.05, 0.1) is 11.7 Å². The van der Waals surface area contributed by atoms with Crippen LogP contribution < -0.4 is 11.1 Å². The summed E-state index contributed by atoms with van der Waals surface area (Å²) >= 11 is 0. The predicted molar refractivity (Wildman–Crippen MR) is 91.4 cm³/mol. The van der Waals surface area contributed by atoms with Crippen LogP contribution in [0.25, 0.3) is 0 Å². The maximum Gasteiger partial charge on any atom is 0.225 e. The number of hydrogen-bond acceptors (Lipinski definition) is 4. The standard InChI is InChI=1S/C16H31N3O3S/c1-3-12-23(21,22)19-10-7-13(8-11-19)18-15(20)14-6-4-5-9-16(14,2)17/h13-14H,3-12,17H2,1-2H3,(H,18,20). The molecule has 1 aliphatic heterocycles. The quantitative estimate of drug-likeness (QED) is 0.783. The Balaban J connectivity index is 1.85. The molecular formula is C16H31N3O3S. The number of hydrogen-bond donors (Lipinski definition) is 2. The molecule has 1 amide bonds. The third-order valence-electron chi connectivity index (χ3n) is 5.23. The average molecular weight is 346 g/mol. The molecule has 2 rings (SSSR count). The summed E-state index contributed by atoms with van der Waals surface area (Å²) in [5.74, 6) is 0.125. The van der Waals surface area contributed by atoms with Gasteiger partial charge in [-0.2, -0.15) is 0 Å². The third kappa shape index (κ3) is 4.67. The normalized spacial score (nSPS) is 31.0. The van der Waals surface area contributed by atoms with Crippen molar-refractivity contribution in [1.82, 2.24) is 9.62 Å². The minimum atomic E-state index is -3.12. The second kappa shape index (κ2) is 7.49. The van der Waals surface area contributed by atoms with Gasteiger partial charge in [0.25, 0.3) is 0 Å². The molecule has 0 bridgehead atoms. The van der Waals surface area contributed by atoms with Crippen molar-refractivity contribution in [3.8, 4) is 0 Å². The lowest BCUT2D eigenvalue weighted by Crippen LogP contribution is -2.55. The van der Waals surface area contributed by atoms with E-state index in [1.807, 2.05) is 13.8 Å². The minimum absolute atomic E-state index is 0.0459. The molecule has 6 nitrogen and oxygen atoms in total. The predicted octanol–water partition coefficient (Wildman–Crippen LogP) is 1.21. The third-order valence-corrected chi connectivity index (χ3v) is 7.30. The van der Waals surface area contributed by atoms with E-state index in [0.717, 1.165) is 25.7 Å². The van der Waals surface area contributed by atoms with Crippen molar-refractivity contribution in [2.24, 2.45) is 11.7 Å². The van der Waals surface area contributed by atoms with Gasteiger partial charge in [0.2, 0.25) is 15.9 Å². The van der Waals surface area contributed by atoms with Crippen LogP contribution >= 0.6 is 0 Å². The summed E-state index contributed by atoms with van der Waals surface area (Å²) in [6.45, 7) is 4.84. The van der Waals surface area contributed by atoms with Gasteiger partial charge >= 0.3 is 0 Å². The largest absolute Gasteiger partial charge is 0.353 e. The molecule has 0 aromatic heterocycles. The van der Waals surface area contributed by atoms with Crippen LogP contribution in [0.1, 0.15) is 58.8 Å². The lowest BCUT2D eigenvalue weighted by molar-refractivity contribution is -0.129. The molecule has 2 fully saturated rings. The number of rotatable bonds is 5. The molecule has 1 saturated carbocycles. The average Bonchev–Trinajstić information content (AvgIpc) is 2.47. The number of nitrogens with one attached hydrogen (secondary N) is 1. The van der Waals surface area contributed by atoms with E-state index in [1.54, 1.807) is 4.31 Å². The van der Waals surface area contributed by atoms with Crippen LogP contribution in [0.3, 0.4) is 0 Å². The summed E-state index contributed by atoms with van der Waals surface area (Å²) in [6, 6.07) is 0.0632. The molecule has 3 N–H and O–H groups in total. The Morgan fingerprint density at radius 1 is 1.26 bits per heavy atom. The Hall–Kier alpha value is -0.660. The van der Waals surface area contributed by atoms with E-state index < -0.39 is 15.6 Å². The van der Waals surface area contributed by atoms with E-state index in [-0.39, 0.29) is 23.6 Å². The van der Waals surface area contributed by atoms with Crippen LogP contribution in [-0.4, -0.2) is 49.1 Å². The van der Waals surface area contributed by atoms with Crippen LogP contribution in [0.5, 0.6) is 0 Å². The van der Waals surface area contributed by atoms with Gasteiger partial charge < -0.3 is 11.1 Å². The number of sulfonamides is 1. The molecule has 7 heteroatoms. The molecule has 2 aliphatic rings. The van der Waals surface area contributed by atoms with Gasteiger partial charge in [-0.1, -0.05) is 19.8 Å². The summed E-state index contributed by atoms with van der Waals surface area (Å²) in [7, 11) is -3.12. The van der Waals surface area contributed by atoms with E-state index in [2.05, 4.69) is 5.32 Å². The Labute approximate surface area is 140 Å². The Kier molecular flexibility index (Phi) is 6.08. The number of amides is 1. The Morgan fingerprint density at radius 3 is 2.48 bits per heavy atom. The molecular weight excluding hydrogens is 314 g/mol. The molecule has 0 aromatic carbocycles. The Morgan fingerprint density at radius 2 is 1.91 bits per heavy atom. The second-order valence-corrected chi connectivity index (χ2v) is 9.39. The number of nitrogens with zero attached hydrogens (tertiary/aromatic N) is 1. The highest BCUT2D eigenvalue weighted by Gasteiger charge is 2.39. The van der Waals surface area contributed by atoms with Crippen LogP contribution in [0.15, 0.2) is 0 Å². The maximum atomic E-state index is 12.5. The molecule has 23 heavy (non-hydrogen) atoms. The lowest BCUT2D eigenvalue weighted by atomic mass is 9.74. The molecule has 0 spiro atoms. The van der Waals surface area contributed by atoms with Crippen molar-refractivity contribution in [2.75, 3.05) is 18.8 Å². The Bertz CT molecular complexity index is 511. The zero-order chi connectivity index (χ0) is 17.1. The monoisotopic (exact) mass is 345 g/mol. The summed E-state index contributed by atoms with van der Waals surface area (Å²) in [5.41, 5.74) is 5.87. The second-order valence-electron chi connectivity index (χ2n) is 7.30. The molecule has 134 valence electrons. The maximum absolute atomic E-state index is 12.5. The first kappa shape index (κ1) is 18.7. The van der Waals surface area contributed by atoms with Gasteiger partial charge in [-0.05, 0) is 39.0 Å². The van der Waals surface area contributed by atoms with Crippen LogP contribution in [0.4, 0.5) is 0 Å². The van der Waals surface area contributed by atoms with Gasteiger partial charge in [-0.3, -0.25) is 4.79 Å². The first-order valence-corrected chi connectivity index (χ1v) is 10.4. The van der Waals surface area contributed by atoms with E-state index in [4.69, 9.17) is 5.73 Å². The van der Waals surface area contributed by atoms with Crippen molar-refractivity contribution >= 4 is 15.9 Å². The highest BCUT2D eigenvalue weighted by atomic mass is 32.2.